The highest BCUT2D eigenvalue weighted by atomic mass is 35.5. The third kappa shape index (κ3) is 2.61. The number of ether oxygens (including phenoxy) is 1. The fourth-order valence-corrected chi connectivity index (χ4v) is 2.79. The minimum absolute atomic E-state index is 0.191. The van der Waals surface area contributed by atoms with Gasteiger partial charge in [-0.15, -0.1) is 11.6 Å². The molecule has 0 bridgehead atoms. The van der Waals surface area contributed by atoms with Crippen LogP contribution in [0.2, 0.25) is 0 Å². The molecule has 2 heterocycles. The van der Waals surface area contributed by atoms with Crippen molar-refractivity contribution in [2.45, 2.75) is 25.4 Å². The Morgan fingerprint density at radius 1 is 1.38 bits per heavy atom. The monoisotopic (exact) mass is 304 g/mol. The van der Waals surface area contributed by atoms with Crippen molar-refractivity contribution in [1.82, 2.24) is 19.3 Å². The van der Waals surface area contributed by atoms with Gasteiger partial charge in [0.25, 0.3) is 0 Å². The van der Waals surface area contributed by atoms with E-state index in [9.17, 15) is 0 Å². The summed E-state index contributed by atoms with van der Waals surface area (Å²) in [6.07, 6.45) is 3.74. The lowest BCUT2D eigenvalue weighted by Gasteiger charge is -2.17. The number of rotatable bonds is 5. The highest BCUT2D eigenvalue weighted by molar-refractivity contribution is 6.16. The molecule has 21 heavy (non-hydrogen) atoms. The first-order valence-corrected chi connectivity index (χ1v) is 7.34. The number of imidazole rings is 1. The number of alkyl halides is 1. The molecule has 1 atom stereocenters. The van der Waals surface area contributed by atoms with Crippen molar-refractivity contribution >= 4 is 22.6 Å². The van der Waals surface area contributed by atoms with E-state index in [4.69, 9.17) is 16.3 Å². The minimum atomic E-state index is 0.191. The lowest BCUT2D eigenvalue weighted by molar-refractivity contribution is 0.414. The first-order chi connectivity index (χ1) is 10.2. The van der Waals surface area contributed by atoms with Gasteiger partial charge in [0.05, 0.1) is 36.6 Å². The van der Waals surface area contributed by atoms with E-state index in [0.717, 1.165) is 29.2 Å². The molecule has 2 aromatic heterocycles. The first kappa shape index (κ1) is 13.9. The Morgan fingerprint density at radius 2 is 2.24 bits per heavy atom. The molecule has 3 rings (SSSR count). The zero-order chi connectivity index (χ0) is 14.8. The third-order valence-corrected chi connectivity index (χ3v) is 3.78. The molecule has 0 aliphatic rings. The second-order valence-corrected chi connectivity index (χ2v) is 5.23. The van der Waals surface area contributed by atoms with Gasteiger partial charge in [0.1, 0.15) is 11.6 Å². The van der Waals surface area contributed by atoms with Crippen molar-refractivity contribution in [2.75, 3.05) is 7.11 Å². The number of hydrogen-bond acceptors (Lipinski definition) is 3. The highest BCUT2D eigenvalue weighted by Gasteiger charge is 2.16. The van der Waals surface area contributed by atoms with Crippen molar-refractivity contribution in [3.63, 3.8) is 0 Å². The Kier molecular flexibility index (Phi) is 3.84. The summed E-state index contributed by atoms with van der Waals surface area (Å²) in [5, 5.41) is 4.26. The predicted octanol–water partition coefficient (Wildman–Crippen LogP) is 3.24. The second kappa shape index (κ2) is 5.77. The molecule has 1 aromatic carbocycles. The van der Waals surface area contributed by atoms with Gasteiger partial charge in [0.2, 0.25) is 0 Å². The Balaban J connectivity index is 2.05. The maximum Gasteiger partial charge on any atom is 0.125 e. The van der Waals surface area contributed by atoms with Gasteiger partial charge in [0, 0.05) is 18.5 Å². The van der Waals surface area contributed by atoms with Gasteiger partial charge in [-0.25, -0.2) is 4.98 Å². The highest BCUT2D eigenvalue weighted by Crippen LogP contribution is 2.26. The largest absolute Gasteiger partial charge is 0.497 e. The minimum Gasteiger partial charge on any atom is -0.497 e. The quantitative estimate of drug-likeness (QED) is 0.680. The SMILES string of the molecule is COc1ccc2nc(CCl)n(C(C)Cn3cccn3)c2c1. The standard InChI is InChI=1S/C15H17ClN4O/c1-11(10-19-7-3-6-17-19)20-14-8-12(21-2)4-5-13(14)18-15(20)9-16/h3-8,11H,9-10H2,1-2H3. The van der Waals surface area contributed by atoms with Crippen LogP contribution in [0.4, 0.5) is 0 Å². The number of halogens is 1. The number of hydrogen-bond donors (Lipinski definition) is 0. The average Bonchev–Trinajstić information content (AvgIpc) is 3.12. The summed E-state index contributed by atoms with van der Waals surface area (Å²) < 4.78 is 9.38. The van der Waals surface area contributed by atoms with Crippen molar-refractivity contribution < 1.29 is 4.74 Å². The Bertz CT molecular complexity index is 736. The summed E-state index contributed by atoms with van der Waals surface area (Å²) in [5.41, 5.74) is 1.96. The van der Waals surface area contributed by atoms with Crippen molar-refractivity contribution in [2.24, 2.45) is 0 Å². The maximum absolute atomic E-state index is 6.07. The topological polar surface area (TPSA) is 44.9 Å². The van der Waals surface area contributed by atoms with E-state index in [0.29, 0.717) is 5.88 Å². The molecule has 110 valence electrons. The number of fused-ring (bicyclic) bond motifs is 1. The van der Waals surface area contributed by atoms with Gasteiger partial charge in [-0.2, -0.15) is 5.10 Å². The first-order valence-electron chi connectivity index (χ1n) is 6.81. The molecular weight excluding hydrogens is 288 g/mol. The Morgan fingerprint density at radius 3 is 2.90 bits per heavy atom. The smallest absolute Gasteiger partial charge is 0.125 e. The lowest BCUT2D eigenvalue weighted by atomic mass is 10.2. The summed E-state index contributed by atoms with van der Waals surface area (Å²) >= 11 is 6.07. The van der Waals surface area contributed by atoms with Gasteiger partial charge >= 0.3 is 0 Å². The third-order valence-electron chi connectivity index (χ3n) is 3.54. The molecule has 1 unspecified atom stereocenters. The number of benzene rings is 1. The molecule has 0 fully saturated rings. The van der Waals surface area contributed by atoms with Crippen LogP contribution in [0.15, 0.2) is 36.7 Å². The van der Waals surface area contributed by atoms with Crippen LogP contribution in [0.25, 0.3) is 11.0 Å². The van der Waals surface area contributed by atoms with Gasteiger partial charge < -0.3 is 9.30 Å². The van der Waals surface area contributed by atoms with E-state index in [1.807, 2.05) is 35.1 Å². The van der Waals surface area contributed by atoms with Gasteiger partial charge in [0.15, 0.2) is 0 Å². The molecule has 0 saturated heterocycles. The zero-order valence-electron chi connectivity index (χ0n) is 12.0. The van der Waals surface area contributed by atoms with E-state index in [1.54, 1.807) is 13.3 Å². The van der Waals surface area contributed by atoms with Crippen LogP contribution in [0.3, 0.4) is 0 Å². The lowest BCUT2D eigenvalue weighted by Crippen LogP contribution is -2.15. The fourth-order valence-electron chi connectivity index (χ4n) is 2.60. The maximum atomic E-state index is 6.07. The van der Waals surface area contributed by atoms with E-state index in [1.165, 1.54) is 0 Å². The normalized spacial score (nSPS) is 12.7. The average molecular weight is 305 g/mol. The summed E-state index contributed by atoms with van der Waals surface area (Å²) in [4.78, 5) is 4.60. The van der Waals surface area contributed by atoms with Crippen molar-refractivity contribution in [3.8, 4) is 5.75 Å². The van der Waals surface area contributed by atoms with Crippen LogP contribution in [-0.4, -0.2) is 26.4 Å². The van der Waals surface area contributed by atoms with Crippen LogP contribution in [0.5, 0.6) is 5.75 Å². The van der Waals surface area contributed by atoms with E-state index in [2.05, 4.69) is 21.6 Å². The molecule has 6 heteroatoms. The van der Waals surface area contributed by atoms with Gasteiger partial charge in [-0.3, -0.25) is 4.68 Å². The summed E-state index contributed by atoms with van der Waals surface area (Å²) in [6.45, 7) is 2.90. The van der Waals surface area contributed by atoms with Gasteiger partial charge in [-0.05, 0) is 25.1 Å². The molecule has 0 amide bonds. The fraction of sp³-hybridized carbons (Fsp3) is 0.333. The second-order valence-electron chi connectivity index (χ2n) is 4.96. The Hall–Kier alpha value is -2.01. The summed E-state index contributed by atoms with van der Waals surface area (Å²) in [5.74, 6) is 2.05. The van der Waals surface area contributed by atoms with Crippen LogP contribution < -0.4 is 4.74 Å². The van der Waals surface area contributed by atoms with Crippen LogP contribution >= 0.6 is 11.6 Å². The summed E-state index contributed by atoms with van der Waals surface area (Å²) in [6, 6.07) is 7.98. The summed E-state index contributed by atoms with van der Waals surface area (Å²) in [7, 11) is 1.66. The molecule has 0 radical (unpaired) electrons. The van der Waals surface area contributed by atoms with Crippen molar-refractivity contribution in [1.29, 1.82) is 0 Å². The molecular formula is C15H17ClN4O. The van der Waals surface area contributed by atoms with E-state index < -0.39 is 0 Å². The zero-order valence-corrected chi connectivity index (χ0v) is 12.8. The van der Waals surface area contributed by atoms with Crippen molar-refractivity contribution in [3.05, 3.63) is 42.5 Å². The molecule has 0 spiro atoms. The molecule has 5 nitrogen and oxygen atoms in total. The molecule has 0 aliphatic carbocycles. The number of aromatic nitrogens is 4. The van der Waals surface area contributed by atoms with Crippen LogP contribution in [0, 0.1) is 0 Å². The number of methoxy groups -OCH3 is 1. The van der Waals surface area contributed by atoms with Gasteiger partial charge in [-0.1, -0.05) is 0 Å². The molecule has 3 aromatic rings. The van der Waals surface area contributed by atoms with Crippen LogP contribution in [0.1, 0.15) is 18.8 Å². The predicted molar refractivity (Wildman–Crippen MR) is 82.8 cm³/mol. The van der Waals surface area contributed by atoms with E-state index in [-0.39, 0.29) is 6.04 Å². The van der Waals surface area contributed by atoms with E-state index >= 15 is 0 Å². The number of nitrogens with zero attached hydrogens (tertiary/aromatic N) is 4. The Labute approximate surface area is 128 Å². The molecule has 0 aliphatic heterocycles. The molecule has 0 saturated carbocycles. The molecule has 0 N–H and O–H groups in total. The van der Waals surface area contributed by atoms with Crippen LogP contribution in [-0.2, 0) is 12.4 Å².